The summed E-state index contributed by atoms with van der Waals surface area (Å²) in [5.41, 5.74) is 3.57. The van der Waals surface area contributed by atoms with Crippen molar-refractivity contribution in [1.29, 1.82) is 0 Å². The van der Waals surface area contributed by atoms with Crippen LogP contribution in [0.1, 0.15) is 10.4 Å². The molecule has 0 radical (unpaired) electrons. The van der Waals surface area contributed by atoms with Gasteiger partial charge >= 0.3 is 0 Å². The smallest absolute Gasteiger partial charge is 0.277 e. The van der Waals surface area contributed by atoms with Gasteiger partial charge in [0.1, 0.15) is 5.75 Å². The van der Waals surface area contributed by atoms with Crippen LogP contribution in [0, 0.1) is 6.92 Å². The van der Waals surface area contributed by atoms with E-state index in [1.54, 1.807) is 29.7 Å². The van der Waals surface area contributed by atoms with Crippen molar-refractivity contribution in [3.05, 3.63) is 50.6 Å². The Kier molecular flexibility index (Phi) is 5.31. The van der Waals surface area contributed by atoms with Gasteiger partial charge in [-0.1, -0.05) is 15.9 Å². The van der Waals surface area contributed by atoms with Crippen LogP contribution in [0.3, 0.4) is 0 Å². The molecule has 0 aliphatic heterocycles. The number of thiophene rings is 1. The molecule has 2 rings (SSSR count). The zero-order valence-corrected chi connectivity index (χ0v) is 13.2. The van der Waals surface area contributed by atoms with Crippen molar-refractivity contribution in [2.24, 2.45) is 5.10 Å². The van der Waals surface area contributed by atoms with Crippen LogP contribution < -0.4 is 10.2 Å². The fourth-order valence-corrected chi connectivity index (χ4v) is 2.44. The number of hydrazone groups is 1. The van der Waals surface area contributed by atoms with Gasteiger partial charge in [-0.2, -0.15) is 5.10 Å². The van der Waals surface area contributed by atoms with Gasteiger partial charge in [0, 0.05) is 9.35 Å². The number of halogens is 1. The van der Waals surface area contributed by atoms with Gasteiger partial charge < -0.3 is 4.74 Å². The number of nitrogens with one attached hydrogen (secondary N) is 1. The van der Waals surface area contributed by atoms with Crippen LogP contribution in [-0.4, -0.2) is 18.7 Å². The van der Waals surface area contributed by atoms with Crippen LogP contribution in [0.25, 0.3) is 0 Å². The Morgan fingerprint density at radius 2 is 2.15 bits per heavy atom. The SMILES string of the molecule is Cc1ccsc1/C=N/NC(=O)COc1ccc(Br)cc1. The fraction of sp³-hybridized carbons (Fsp3) is 0.143. The zero-order chi connectivity index (χ0) is 14.4. The molecule has 0 spiro atoms. The summed E-state index contributed by atoms with van der Waals surface area (Å²) in [6.07, 6.45) is 1.64. The molecule has 0 atom stereocenters. The van der Waals surface area contributed by atoms with Crippen LogP contribution in [0.5, 0.6) is 5.75 Å². The first-order chi connectivity index (χ1) is 9.65. The molecule has 2 aromatic rings. The van der Waals surface area contributed by atoms with Gasteiger partial charge in [0.25, 0.3) is 5.91 Å². The number of benzene rings is 1. The normalized spacial score (nSPS) is 10.7. The summed E-state index contributed by atoms with van der Waals surface area (Å²) >= 11 is 4.91. The number of hydrogen-bond donors (Lipinski definition) is 1. The van der Waals surface area contributed by atoms with Gasteiger partial charge in [-0.25, -0.2) is 5.43 Å². The van der Waals surface area contributed by atoms with Gasteiger partial charge in [-0.3, -0.25) is 4.79 Å². The summed E-state index contributed by atoms with van der Waals surface area (Å²) in [5, 5.41) is 5.88. The Hall–Kier alpha value is -1.66. The third kappa shape index (κ3) is 4.47. The molecule has 0 bridgehead atoms. The Morgan fingerprint density at radius 1 is 1.40 bits per heavy atom. The Balaban J connectivity index is 1.77. The molecule has 0 saturated carbocycles. The van der Waals surface area contributed by atoms with Crippen molar-refractivity contribution in [1.82, 2.24) is 5.43 Å². The molecule has 1 amide bonds. The molecule has 0 aliphatic rings. The van der Waals surface area contributed by atoms with Crippen molar-refractivity contribution >= 4 is 39.4 Å². The number of rotatable bonds is 5. The minimum absolute atomic E-state index is 0.0671. The lowest BCUT2D eigenvalue weighted by atomic mass is 10.3. The van der Waals surface area contributed by atoms with Crippen molar-refractivity contribution in [2.45, 2.75) is 6.92 Å². The van der Waals surface area contributed by atoms with E-state index in [0.717, 1.165) is 14.9 Å². The van der Waals surface area contributed by atoms with E-state index in [2.05, 4.69) is 26.5 Å². The van der Waals surface area contributed by atoms with Crippen molar-refractivity contribution in [2.75, 3.05) is 6.61 Å². The van der Waals surface area contributed by atoms with E-state index in [0.29, 0.717) is 5.75 Å². The highest BCUT2D eigenvalue weighted by atomic mass is 79.9. The van der Waals surface area contributed by atoms with E-state index < -0.39 is 0 Å². The predicted octanol–water partition coefficient (Wildman–Crippen LogP) is 3.35. The van der Waals surface area contributed by atoms with E-state index in [9.17, 15) is 4.79 Å². The maximum atomic E-state index is 11.5. The lowest BCUT2D eigenvalue weighted by Crippen LogP contribution is -2.24. The number of nitrogens with zero attached hydrogens (tertiary/aromatic N) is 1. The molecule has 0 fully saturated rings. The van der Waals surface area contributed by atoms with E-state index >= 15 is 0 Å². The first-order valence-electron chi connectivity index (χ1n) is 5.89. The molecular weight excluding hydrogens is 340 g/mol. The highest BCUT2D eigenvalue weighted by Gasteiger charge is 2.01. The van der Waals surface area contributed by atoms with Gasteiger partial charge in [0.15, 0.2) is 6.61 Å². The maximum absolute atomic E-state index is 11.5. The first-order valence-corrected chi connectivity index (χ1v) is 7.57. The minimum Gasteiger partial charge on any atom is -0.484 e. The van der Waals surface area contributed by atoms with Gasteiger partial charge in [-0.05, 0) is 48.2 Å². The zero-order valence-electron chi connectivity index (χ0n) is 10.8. The Morgan fingerprint density at radius 3 is 2.80 bits per heavy atom. The predicted molar refractivity (Wildman–Crippen MR) is 84.4 cm³/mol. The summed E-state index contributed by atoms with van der Waals surface area (Å²) < 4.78 is 6.29. The highest BCUT2D eigenvalue weighted by Crippen LogP contribution is 2.15. The summed E-state index contributed by atoms with van der Waals surface area (Å²) in [4.78, 5) is 12.6. The lowest BCUT2D eigenvalue weighted by Gasteiger charge is -2.04. The van der Waals surface area contributed by atoms with E-state index in [1.165, 1.54) is 0 Å². The molecule has 0 aliphatic carbocycles. The number of aryl methyl sites for hydroxylation is 1. The molecular formula is C14H13BrN2O2S. The van der Waals surface area contributed by atoms with Crippen LogP contribution in [0.4, 0.5) is 0 Å². The molecule has 4 nitrogen and oxygen atoms in total. The summed E-state index contributed by atoms with van der Waals surface area (Å²) in [6, 6.07) is 9.28. The molecule has 20 heavy (non-hydrogen) atoms. The number of ether oxygens (including phenoxy) is 1. The Labute approximate surface area is 129 Å². The quantitative estimate of drug-likeness (QED) is 0.662. The summed E-state index contributed by atoms with van der Waals surface area (Å²) in [7, 11) is 0. The van der Waals surface area contributed by atoms with E-state index in [1.807, 2.05) is 30.5 Å². The van der Waals surface area contributed by atoms with Gasteiger partial charge in [-0.15, -0.1) is 11.3 Å². The maximum Gasteiger partial charge on any atom is 0.277 e. The highest BCUT2D eigenvalue weighted by molar-refractivity contribution is 9.10. The van der Waals surface area contributed by atoms with Crippen molar-refractivity contribution in [3.63, 3.8) is 0 Å². The molecule has 1 N–H and O–H groups in total. The number of carbonyl (C=O) groups excluding carboxylic acids is 1. The lowest BCUT2D eigenvalue weighted by molar-refractivity contribution is -0.123. The average molecular weight is 353 g/mol. The summed E-state index contributed by atoms with van der Waals surface area (Å²) in [6.45, 7) is 1.93. The fourth-order valence-electron chi connectivity index (χ4n) is 1.39. The standard InChI is InChI=1S/C14H13BrN2O2S/c1-10-6-7-20-13(10)8-16-17-14(18)9-19-12-4-2-11(15)3-5-12/h2-8H,9H2,1H3,(H,17,18)/b16-8+. The molecule has 0 unspecified atom stereocenters. The average Bonchev–Trinajstić information content (AvgIpc) is 2.84. The van der Waals surface area contributed by atoms with E-state index in [-0.39, 0.29) is 12.5 Å². The van der Waals surface area contributed by atoms with Crippen molar-refractivity contribution < 1.29 is 9.53 Å². The third-order valence-corrected chi connectivity index (χ3v) is 3.94. The first kappa shape index (κ1) is 14.7. The second-order valence-corrected chi connectivity index (χ2v) is 5.87. The van der Waals surface area contributed by atoms with Gasteiger partial charge in [0.2, 0.25) is 0 Å². The molecule has 1 aromatic heterocycles. The van der Waals surface area contributed by atoms with Crippen molar-refractivity contribution in [3.8, 4) is 5.75 Å². The second-order valence-electron chi connectivity index (χ2n) is 4.00. The minimum atomic E-state index is -0.293. The van der Waals surface area contributed by atoms with Gasteiger partial charge in [0.05, 0.1) is 6.21 Å². The third-order valence-electron chi connectivity index (χ3n) is 2.46. The second kappa shape index (κ2) is 7.21. The largest absolute Gasteiger partial charge is 0.484 e. The molecule has 104 valence electrons. The number of amides is 1. The Bertz CT molecular complexity index is 608. The molecule has 1 aromatic carbocycles. The van der Waals surface area contributed by atoms with Crippen LogP contribution >= 0.6 is 27.3 Å². The molecule has 1 heterocycles. The van der Waals surface area contributed by atoms with Crippen LogP contribution in [0.2, 0.25) is 0 Å². The molecule has 0 saturated heterocycles. The molecule has 6 heteroatoms. The number of carbonyl (C=O) groups is 1. The van der Waals surface area contributed by atoms with Crippen LogP contribution in [0.15, 0.2) is 45.3 Å². The summed E-state index contributed by atoms with van der Waals surface area (Å²) in [5.74, 6) is 0.347. The number of hydrogen-bond acceptors (Lipinski definition) is 4. The van der Waals surface area contributed by atoms with E-state index in [4.69, 9.17) is 4.74 Å². The monoisotopic (exact) mass is 352 g/mol. The topological polar surface area (TPSA) is 50.7 Å². The van der Waals surface area contributed by atoms with Crippen LogP contribution in [-0.2, 0) is 4.79 Å².